The summed E-state index contributed by atoms with van der Waals surface area (Å²) in [5.74, 6) is 0. The number of anilines is 1. The monoisotopic (exact) mass is 411 g/mol. The van der Waals surface area contributed by atoms with Gasteiger partial charge in [0.25, 0.3) is 0 Å². The number of β-amino-alcohol motifs (C(OH)–C–C–N with tert-alkyl or cyclic N) is 1. The van der Waals surface area contributed by atoms with Gasteiger partial charge in [0.2, 0.25) is 0 Å². The third-order valence-electron chi connectivity index (χ3n) is 5.59. The van der Waals surface area contributed by atoms with Gasteiger partial charge in [-0.2, -0.15) is 0 Å². The van der Waals surface area contributed by atoms with Crippen LogP contribution in [0.3, 0.4) is 0 Å². The van der Waals surface area contributed by atoms with Crippen molar-refractivity contribution < 1.29 is 14.6 Å². The fourth-order valence-corrected chi connectivity index (χ4v) is 3.81. The molecule has 0 aliphatic carbocycles. The number of nitrogens with one attached hydrogen (secondary N) is 1. The minimum absolute atomic E-state index is 0.0967. The molecular weight excluding hydrogens is 378 g/mol. The number of carbonyl (C=O) groups excluding carboxylic acids is 1. The molecule has 1 atom stereocenters. The number of para-hydroxylation sites is 1. The van der Waals surface area contributed by atoms with Gasteiger partial charge in [-0.1, -0.05) is 55.5 Å². The highest BCUT2D eigenvalue weighted by Gasteiger charge is 2.24. The maximum atomic E-state index is 12.5. The van der Waals surface area contributed by atoms with Gasteiger partial charge in [0.15, 0.2) is 0 Å². The normalized spacial score (nSPS) is 16.4. The van der Waals surface area contributed by atoms with Crippen molar-refractivity contribution in [2.45, 2.75) is 32.0 Å². The molecule has 1 aliphatic rings. The van der Waals surface area contributed by atoms with Gasteiger partial charge in [0.1, 0.15) is 6.10 Å². The largest absolute Gasteiger partial charge is 0.446 e. The molecule has 1 fully saturated rings. The zero-order chi connectivity index (χ0) is 21.3. The molecule has 0 saturated carbocycles. The van der Waals surface area contributed by atoms with Gasteiger partial charge in [-0.15, -0.1) is 0 Å². The Morgan fingerprint density at radius 3 is 2.53 bits per heavy atom. The lowest BCUT2D eigenvalue weighted by atomic mass is 10.0. The van der Waals surface area contributed by atoms with Gasteiger partial charge in [-0.25, -0.2) is 4.79 Å². The molecule has 2 aromatic rings. The van der Waals surface area contributed by atoms with Crippen LogP contribution in [0.1, 0.15) is 19.8 Å². The Balaban J connectivity index is 1.47. The van der Waals surface area contributed by atoms with E-state index in [1.807, 2.05) is 61.6 Å². The quantitative estimate of drug-likeness (QED) is 0.694. The highest BCUT2D eigenvalue weighted by molar-refractivity contribution is 5.91. The van der Waals surface area contributed by atoms with Crippen LogP contribution in [0.25, 0.3) is 11.1 Å². The molecule has 6 heteroatoms. The van der Waals surface area contributed by atoms with Crippen molar-refractivity contribution in [3.05, 3.63) is 54.6 Å². The molecule has 0 aromatic heterocycles. The molecule has 30 heavy (non-hydrogen) atoms. The number of aliphatic hydroxyl groups excluding tert-OH is 1. The number of hydrogen-bond acceptors (Lipinski definition) is 5. The van der Waals surface area contributed by atoms with E-state index in [0.29, 0.717) is 13.1 Å². The summed E-state index contributed by atoms with van der Waals surface area (Å²) in [4.78, 5) is 16.8. The van der Waals surface area contributed by atoms with Crippen LogP contribution in [-0.2, 0) is 4.74 Å². The van der Waals surface area contributed by atoms with E-state index in [9.17, 15) is 9.90 Å². The van der Waals surface area contributed by atoms with E-state index in [0.717, 1.165) is 49.3 Å². The van der Waals surface area contributed by atoms with Crippen molar-refractivity contribution in [2.75, 3.05) is 45.1 Å². The summed E-state index contributed by atoms with van der Waals surface area (Å²) in [7, 11) is 2.01. The number of nitrogens with zero attached hydrogens (tertiary/aromatic N) is 2. The van der Waals surface area contributed by atoms with Crippen LogP contribution in [-0.4, -0.2) is 73.0 Å². The Labute approximate surface area is 179 Å². The predicted octanol–water partition coefficient (Wildman–Crippen LogP) is 3.68. The van der Waals surface area contributed by atoms with E-state index < -0.39 is 6.09 Å². The van der Waals surface area contributed by atoms with Crippen molar-refractivity contribution in [3.63, 3.8) is 0 Å². The maximum Gasteiger partial charge on any atom is 0.411 e. The molecule has 2 N–H and O–H groups in total. The molecule has 6 nitrogen and oxygen atoms in total. The minimum atomic E-state index is -0.415. The number of hydrogen-bond donors (Lipinski definition) is 2. The molecule has 0 bridgehead atoms. The van der Waals surface area contributed by atoms with Crippen LogP contribution in [0.15, 0.2) is 54.6 Å². The lowest BCUT2D eigenvalue weighted by Gasteiger charge is -2.33. The van der Waals surface area contributed by atoms with Crippen LogP contribution in [0.5, 0.6) is 0 Å². The molecule has 0 radical (unpaired) electrons. The molecule has 1 amide bonds. The van der Waals surface area contributed by atoms with Gasteiger partial charge in [0, 0.05) is 31.7 Å². The van der Waals surface area contributed by atoms with Crippen molar-refractivity contribution >= 4 is 11.8 Å². The highest BCUT2D eigenvalue weighted by Crippen LogP contribution is 2.28. The highest BCUT2D eigenvalue weighted by atomic mass is 16.6. The second-order valence-corrected chi connectivity index (χ2v) is 7.95. The van der Waals surface area contributed by atoms with Crippen LogP contribution in [0.4, 0.5) is 10.5 Å². The van der Waals surface area contributed by atoms with Gasteiger partial charge in [0.05, 0.1) is 11.8 Å². The minimum Gasteiger partial charge on any atom is -0.446 e. The Hall–Kier alpha value is -2.41. The summed E-state index contributed by atoms with van der Waals surface area (Å²) in [5, 5.41) is 13.1. The summed E-state index contributed by atoms with van der Waals surface area (Å²) < 4.78 is 5.67. The van der Waals surface area contributed by atoms with Gasteiger partial charge >= 0.3 is 6.09 Å². The first kappa shape index (κ1) is 22.3. The molecule has 0 spiro atoms. The molecule has 3 rings (SSSR count). The Morgan fingerprint density at radius 1 is 1.17 bits per heavy atom. The smallest absolute Gasteiger partial charge is 0.411 e. The number of likely N-dealkylation sites (N-methyl/N-ethyl adjacent to an activating group) is 1. The molecule has 2 aromatic carbocycles. The Bertz CT molecular complexity index is 791. The number of amides is 1. The number of likely N-dealkylation sites (tertiary alicyclic amines) is 1. The van der Waals surface area contributed by atoms with E-state index in [4.69, 9.17) is 4.74 Å². The number of carbonyl (C=O) groups is 1. The second kappa shape index (κ2) is 11.1. The zero-order valence-electron chi connectivity index (χ0n) is 18.0. The number of benzene rings is 2. The summed E-state index contributed by atoms with van der Waals surface area (Å²) >= 11 is 0. The summed E-state index contributed by atoms with van der Waals surface area (Å²) in [6.07, 6.45) is 0.695. The molecule has 1 saturated heterocycles. The van der Waals surface area contributed by atoms with Gasteiger partial charge in [-0.05, 0) is 38.1 Å². The fourth-order valence-electron chi connectivity index (χ4n) is 3.81. The number of aliphatic hydroxyl groups is 1. The summed E-state index contributed by atoms with van der Waals surface area (Å²) in [6.45, 7) is 6.00. The third kappa shape index (κ3) is 6.55. The standard InChI is InChI=1S/C24H33N3O3/c1-3-26(2)17-20(28)18-27-15-13-21(14-16-27)30-24(29)25-23-12-8-7-11-22(23)19-9-5-4-6-10-19/h4-12,20-21,28H,3,13-18H2,1-2H3,(H,25,29). The van der Waals surface area contributed by atoms with Crippen LogP contribution in [0, 0.1) is 0 Å². The molecule has 1 aliphatic heterocycles. The topological polar surface area (TPSA) is 65.0 Å². The maximum absolute atomic E-state index is 12.5. The van der Waals surface area contributed by atoms with E-state index in [2.05, 4.69) is 22.0 Å². The number of piperidine rings is 1. The van der Waals surface area contributed by atoms with Crippen molar-refractivity contribution in [3.8, 4) is 11.1 Å². The predicted molar refractivity (Wildman–Crippen MR) is 121 cm³/mol. The number of rotatable bonds is 8. The van der Waals surface area contributed by atoms with E-state index in [1.54, 1.807) is 0 Å². The average molecular weight is 412 g/mol. The first-order valence-electron chi connectivity index (χ1n) is 10.8. The lowest BCUT2D eigenvalue weighted by molar-refractivity contribution is 0.0322. The fraction of sp³-hybridized carbons (Fsp3) is 0.458. The molecule has 162 valence electrons. The third-order valence-corrected chi connectivity index (χ3v) is 5.59. The molecule has 1 unspecified atom stereocenters. The molecular formula is C24H33N3O3. The van der Waals surface area contributed by atoms with Crippen LogP contribution >= 0.6 is 0 Å². The van der Waals surface area contributed by atoms with Gasteiger partial charge < -0.3 is 19.6 Å². The summed E-state index contributed by atoms with van der Waals surface area (Å²) in [6, 6.07) is 17.7. The van der Waals surface area contributed by atoms with Crippen LogP contribution in [0.2, 0.25) is 0 Å². The van der Waals surface area contributed by atoms with E-state index >= 15 is 0 Å². The summed E-state index contributed by atoms with van der Waals surface area (Å²) in [5.41, 5.74) is 2.76. The Kier molecular flexibility index (Phi) is 8.25. The van der Waals surface area contributed by atoms with Crippen molar-refractivity contribution in [1.82, 2.24) is 9.80 Å². The van der Waals surface area contributed by atoms with Crippen molar-refractivity contribution in [1.29, 1.82) is 0 Å². The van der Waals surface area contributed by atoms with Crippen LogP contribution < -0.4 is 5.32 Å². The number of ether oxygens (including phenoxy) is 1. The first-order valence-corrected chi connectivity index (χ1v) is 10.8. The Morgan fingerprint density at radius 2 is 1.83 bits per heavy atom. The average Bonchev–Trinajstić information content (AvgIpc) is 2.76. The van der Waals surface area contributed by atoms with Gasteiger partial charge in [-0.3, -0.25) is 5.32 Å². The second-order valence-electron chi connectivity index (χ2n) is 7.95. The zero-order valence-corrected chi connectivity index (χ0v) is 18.0. The van der Waals surface area contributed by atoms with E-state index in [-0.39, 0.29) is 12.2 Å². The van der Waals surface area contributed by atoms with Crippen molar-refractivity contribution in [2.24, 2.45) is 0 Å². The van der Waals surface area contributed by atoms with E-state index in [1.165, 1.54) is 0 Å². The first-order chi connectivity index (χ1) is 14.5. The lowest BCUT2D eigenvalue weighted by Crippen LogP contribution is -2.44. The SMILES string of the molecule is CCN(C)CC(O)CN1CCC(OC(=O)Nc2ccccc2-c2ccccc2)CC1. The molecule has 1 heterocycles.